The van der Waals surface area contributed by atoms with Gasteiger partial charge in [0.15, 0.2) is 0 Å². The van der Waals surface area contributed by atoms with Crippen LogP contribution in [0, 0.1) is 3.57 Å². The topological polar surface area (TPSA) is 86.9 Å². The maximum atomic E-state index is 11.1. The van der Waals surface area contributed by atoms with Gasteiger partial charge in [-0.1, -0.05) is 0 Å². The number of carbonyl (C=O) groups excluding carboxylic acids is 1. The van der Waals surface area contributed by atoms with Gasteiger partial charge in [-0.15, -0.1) is 0 Å². The Kier molecular flexibility index (Phi) is 3.86. The van der Waals surface area contributed by atoms with Crippen LogP contribution >= 0.6 is 22.6 Å². The van der Waals surface area contributed by atoms with E-state index in [1.54, 1.807) is 7.05 Å². The number of aromatic amines is 1. The van der Waals surface area contributed by atoms with Gasteiger partial charge in [0.05, 0.1) is 12.9 Å². The van der Waals surface area contributed by atoms with Gasteiger partial charge in [-0.2, -0.15) is 0 Å². The average Bonchev–Trinajstić information content (AvgIpc) is 2.20. The second kappa shape index (κ2) is 4.94. The van der Waals surface area contributed by atoms with Crippen molar-refractivity contribution in [2.24, 2.45) is 0 Å². The highest BCUT2D eigenvalue weighted by molar-refractivity contribution is 14.1. The summed E-state index contributed by atoms with van der Waals surface area (Å²) in [6, 6.07) is 0. The van der Waals surface area contributed by atoms with Gasteiger partial charge in [0.2, 0.25) is 5.91 Å². The highest BCUT2D eigenvalue weighted by Gasteiger charge is 2.05. The van der Waals surface area contributed by atoms with E-state index in [2.05, 4.69) is 20.6 Å². The fourth-order valence-corrected chi connectivity index (χ4v) is 1.24. The van der Waals surface area contributed by atoms with Crippen molar-refractivity contribution < 1.29 is 4.79 Å². The van der Waals surface area contributed by atoms with Crippen molar-refractivity contribution in [2.45, 2.75) is 0 Å². The molecule has 0 aliphatic rings. The van der Waals surface area contributed by atoms with E-state index in [0.29, 0.717) is 9.39 Å². The first-order chi connectivity index (χ1) is 6.65. The molecule has 7 heteroatoms. The van der Waals surface area contributed by atoms with E-state index in [9.17, 15) is 9.59 Å². The standard InChI is InChI=1S/C7H9IN4O2/c1-9-4(13)2-10-6-5(8)7(14)12-3-11-6/h3H,2H2,1H3,(H,9,13)(H2,10,11,12,14). The fourth-order valence-electron chi connectivity index (χ4n) is 0.759. The minimum atomic E-state index is -0.222. The summed E-state index contributed by atoms with van der Waals surface area (Å²) in [6.07, 6.45) is 1.29. The highest BCUT2D eigenvalue weighted by atomic mass is 127. The minimum absolute atomic E-state index is 0.100. The summed E-state index contributed by atoms with van der Waals surface area (Å²) < 4.78 is 0.439. The second-order valence-corrected chi connectivity index (χ2v) is 3.50. The minimum Gasteiger partial charge on any atom is -0.360 e. The third-order valence-corrected chi connectivity index (χ3v) is 2.49. The van der Waals surface area contributed by atoms with Crippen LogP contribution in [0.2, 0.25) is 0 Å². The summed E-state index contributed by atoms with van der Waals surface area (Å²) in [4.78, 5) is 28.3. The molecule has 14 heavy (non-hydrogen) atoms. The van der Waals surface area contributed by atoms with Crippen LogP contribution in [0.15, 0.2) is 11.1 Å². The number of rotatable bonds is 3. The quantitative estimate of drug-likeness (QED) is 0.659. The van der Waals surface area contributed by atoms with Gasteiger partial charge in [-0.05, 0) is 22.6 Å². The lowest BCUT2D eigenvalue weighted by Crippen LogP contribution is -2.27. The van der Waals surface area contributed by atoms with Crippen LogP contribution in [0.4, 0.5) is 5.82 Å². The van der Waals surface area contributed by atoms with Gasteiger partial charge in [-0.3, -0.25) is 9.59 Å². The van der Waals surface area contributed by atoms with Gasteiger partial charge in [0, 0.05) is 7.05 Å². The second-order valence-electron chi connectivity index (χ2n) is 2.42. The van der Waals surface area contributed by atoms with Gasteiger partial charge in [0.1, 0.15) is 9.39 Å². The molecule has 0 saturated carbocycles. The van der Waals surface area contributed by atoms with Crippen molar-refractivity contribution in [1.29, 1.82) is 0 Å². The zero-order valence-electron chi connectivity index (χ0n) is 7.43. The fraction of sp³-hybridized carbons (Fsp3) is 0.286. The number of hydrogen-bond donors (Lipinski definition) is 3. The number of halogens is 1. The third kappa shape index (κ3) is 2.69. The summed E-state index contributed by atoms with van der Waals surface area (Å²) in [5.41, 5.74) is -0.222. The van der Waals surface area contributed by atoms with E-state index in [4.69, 9.17) is 0 Å². The zero-order valence-corrected chi connectivity index (χ0v) is 9.58. The summed E-state index contributed by atoms with van der Waals surface area (Å²) in [5, 5.41) is 5.21. The van der Waals surface area contributed by atoms with Crippen LogP contribution in [0.5, 0.6) is 0 Å². The lowest BCUT2D eigenvalue weighted by Gasteiger charge is -2.04. The predicted molar refractivity (Wildman–Crippen MR) is 60.1 cm³/mol. The Morgan fingerprint density at radius 2 is 2.43 bits per heavy atom. The van der Waals surface area contributed by atoms with Gasteiger partial charge >= 0.3 is 0 Å². The Morgan fingerprint density at radius 1 is 1.71 bits per heavy atom. The summed E-state index contributed by atoms with van der Waals surface area (Å²) in [7, 11) is 1.54. The highest BCUT2D eigenvalue weighted by Crippen LogP contribution is 2.07. The van der Waals surface area contributed by atoms with Crippen LogP contribution in [-0.2, 0) is 4.79 Å². The lowest BCUT2D eigenvalue weighted by atomic mass is 10.5. The number of aromatic nitrogens is 2. The van der Waals surface area contributed by atoms with E-state index in [1.807, 2.05) is 22.6 Å². The Hall–Kier alpha value is -1.12. The molecule has 0 atom stereocenters. The number of carbonyl (C=O) groups is 1. The molecule has 6 nitrogen and oxygen atoms in total. The van der Waals surface area contributed by atoms with Crippen molar-refractivity contribution in [3.05, 3.63) is 20.3 Å². The molecule has 1 aromatic rings. The molecule has 76 valence electrons. The number of amides is 1. The molecule has 0 saturated heterocycles. The number of nitrogens with zero attached hydrogens (tertiary/aromatic N) is 1. The monoisotopic (exact) mass is 308 g/mol. The molecule has 0 aliphatic heterocycles. The zero-order chi connectivity index (χ0) is 10.6. The number of hydrogen-bond acceptors (Lipinski definition) is 4. The molecule has 1 amide bonds. The van der Waals surface area contributed by atoms with Crippen molar-refractivity contribution in [2.75, 3.05) is 18.9 Å². The Labute approximate surface area is 93.7 Å². The molecule has 1 aromatic heterocycles. The first kappa shape index (κ1) is 11.0. The van der Waals surface area contributed by atoms with Crippen molar-refractivity contribution in [3.63, 3.8) is 0 Å². The molecule has 0 fully saturated rings. The molecule has 0 spiro atoms. The number of H-pyrrole nitrogens is 1. The number of likely N-dealkylation sites (N-methyl/N-ethyl adjacent to an activating group) is 1. The molecular weight excluding hydrogens is 299 g/mol. The first-order valence-corrected chi connectivity index (χ1v) is 4.90. The normalized spacial score (nSPS) is 9.57. The molecule has 0 radical (unpaired) electrons. The van der Waals surface area contributed by atoms with Crippen LogP contribution in [0.3, 0.4) is 0 Å². The average molecular weight is 308 g/mol. The van der Waals surface area contributed by atoms with E-state index in [-0.39, 0.29) is 18.0 Å². The molecular formula is C7H9IN4O2. The number of anilines is 1. The SMILES string of the molecule is CNC(=O)CNc1nc[nH]c(=O)c1I. The van der Waals surface area contributed by atoms with Crippen LogP contribution in [0.1, 0.15) is 0 Å². The van der Waals surface area contributed by atoms with E-state index < -0.39 is 0 Å². The summed E-state index contributed by atoms with van der Waals surface area (Å²) in [5.74, 6) is 0.251. The van der Waals surface area contributed by atoms with Gasteiger partial charge in [-0.25, -0.2) is 4.98 Å². The maximum absolute atomic E-state index is 11.1. The van der Waals surface area contributed by atoms with Crippen molar-refractivity contribution in [1.82, 2.24) is 15.3 Å². The van der Waals surface area contributed by atoms with Crippen LogP contribution in [0.25, 0.3) is 0 Å². The maximum Gasteiger partial charge on any atom is 0.266 e. The molecule has 0 aliphatic carbocycles. The van der Waals surface area contributed by atoms with E-state index in [1.165, 1.54) is 6.33 Å². The molecule has 0 aromatic carbocycles. The summed E-state index contributed by atoms with van der Waals surface area (Å²) >= 11 is 1.86. The van der Waals surface area contributed by atoms with Gasteiger partial charge in [0.25, 0.3) is 5.56 Å². The number of nitrogens with one attached hydrogen (secondary N) is 3. The van der Waals surface area contributed by atoms with Crippen LogP contribution < -0.4 is 16.2 Å². The Balaban J connectivity index is 2.73. The largest absolute Gasteiger partial charge is 0.360 e. The van der Waals surface area contributed by atoms with Crippen LogP contribution in [-0.4, -0.2) is 29.5 Å². The Morgan fingerprint density at radius 3 is 3.07 bits per heavy atom. The van der Waals surface area contributed by atoms with E-state index >= 15 is 0 Å². The van der Waals surface area contributed by atoms with E-state index in [0.717, 1.165) is 0 Å². The van der Waals surface area contributed by atoms with Gasteiger partial charge < -0.3 is 15.6 Å². The molecule has 0 bridgehead atoms. The van der Waals surface area contributed by atoms with Crippen molar-refractivity contribution >= 4 is 34.3 Å². The molecule has 1 rings (SSSR count). The molecule has 0 unspecified atom stereocenters. The molecule has 3 N–H and O–H groups in total. The third-order valence-electron chi connectivity index (χ3n) is 1.49. The lowest BCUT2D eigenvalue weighted by molar-refractivity contribution is -0.118. The predicted octanol–water partition coefficient (Wildman–Crippen LogP) is -0.468. The first-order valence-electron chi connectivity index (χ1n) is 3.82. The summed E-state index contributed by atoms with van der Waals surface area (Å²) in [6.45, 7) is 0.100. The van der Waals surface area contributed by atoms with Crippen molar-refractivity contribution in [3.8, 4) is 0 Å². The Bertz CT molecular complexity index is 390. The smallest absolute Gasteiger partial charge is 0.266 e. The molecule has 1 heterocycles.